The number of aromatic nitrogens is 1. The minimum atomic E-state index is -0.252. The molecule has 0 saturated carbocycles. The Morgan fingerprint density at radius 1 is 1.13 bits per heavy atom. The van der Waals surface area contributed by atoms with Crippen LogP contribution >= 0.6 is 0 Å². The predicted molar refractivity (Wildman–Crippen MR) is 90.2 cm³/mol. The second-order valence-electron chi connectivity index (χ2n) is 5.81. The highest BCUT2D eigenvalue weighted by Crippen LogP contribution is 2.19. The fourth-order valence-corrected chi connectivity index (χ4v) is 2.65. The molecule has 118 valence electrons. The summed E-state index contributed by atoms with van der Waals surface area (Å²) in [6.07, 6.45) is 2.52. The number of rotatable bonds is 4. The number of halogens is 1. The van der Waals surface area contributed by atoms with Crippen LogP contribution in [0, 0.1) is 19.7 Å². The van der Waals surface area contributed by atoms with Crippen LogP contribution in [-0.2, 0) is 6.42 Å². The number of hydrogen-bond donors (Lipinski definition) is 2. The third kappa shape index (κ3) is 3.26. The van der Waals surface area contributed by atoms with E-state index in [4.69, 9.17) is 0 Å². The van der Waals surface area contributed by atoms with Crippen LogP contribution in [0.5, 0.6) is 0 Å². The van der Waals surface area contributed by atoms with Crippen molar-refractivity contribution in [3.05, 3.63) is 70.7 Å². The monoisotopic (exact) mass is 310 g/mol. The van der Waals surface area contributed by atoms with E-state index < -0.39 is 0 Å². The molecule has 23 heavy (non-hydrogen) atoms. The second-order valence-corrected chi connectivity index (χ2v) is 5.81. The first-order valence-electron chi connectivity index (χ1n) is 7.65. The van der Waals surface area contributed by atoms with Gasteiger partial charge >= 0.3 is 0 Å². The number of aryl methyl sites for hydroxylation is 2. The van der Waals surface area contributed by atoms with Crippen molar-refractivity contribution in [1.29, 1.82) is 0 Å². The summed E-state index contributed by atoms with van der Waals surface area (Å²) >= 11 is 0. The normalized spacial score (nSPS) is 10.9. The minimum absolute atomic E-state index is 0.0841. The van der Waals surface area contributed by atoms with Gasteiger partial charge < -0.3 is 10.3 Å². The zero-order chi connectivity index (χ0) is 16.4. The van der Waals surface area contributed by atoms with Crippen molar-refractivity contribution in [2.45, 2.75) is 20.3 Å². The maximum Gasteiger partial charge on any atom is 0.251 e. The molecule has 3 rings (SSSR count). The van der Waals surface area contributed by atoms with Gasteiger partial charge in [-0.15, -0.1) is 0 Å². The van der Waals surface area contributed by atoms with Gasteiger partial charge in [-0.1, -0.05) is 6.07 Å². The summed E-state index contributed by atoms with van der Waals surface area (Å²) in [5, 5.41) is 3.78. The van der Waals surface area contributed by atoms with Crippen LogP contribution in [0.3, 0.4) is 0 Å². The van der Waals surface area contributed by atoms with Crippen LogP contribution in [0.15, 0.2) is 42.6 Å². The molecule has 0 aliphatic heterocycles. The van der Waals surface area contributed by atoms with Crippen LogP contribution in [0.25, 0.3) is 10.9 Å². The van der Waals surface area contributed by atoms with Crippen molar-refractivity contribution in [1.82, 2.24) is 10.3 Å². The maximum absolute atomic E-state index is 13.4. The third-order valence-corrected chi connectivity index (χ3v) is 4.18. The van der Waals surface area contributed by atoms with Crippen LogP contribution in [0.4, 0.5) is 4.39 Å². The first-order valence-corrected chi connectivity index (χ1v) is 7.65. The molecular formula is C19H19FN2O. The topological polar surface area (TPSA) is 44.9 Å². The average molecular weight is 310 g/mol. The minimum Gasteiger partial charge on any atom is -0.361 e. The van der Waals surface area contributed by atoms with E-state index in [9.17, 15) is 9.18 Å². The Balaban J connectivity index is 1.65. The molecule has 0 unspecified atom stereocenters. The Morgan fingerprint density at radius 3 is 2.74 bits per heavy atom. The fourth-order valence-electron chi connectivity index (χ4n) is 2.65. The molecule has 3 nitrogen and oxygen atoms in total. The Morgan fingerprint density at radius 2 is 1.96 bits per heavy atom. The summed E-state index contributed by atoms with van der Waals surface area (Å²) in [6, 6.07) is 10.4. The SMILES string of the molecule is Cc1ccc(C(=O)NCCc2c[nH]c3ccc(F)cc23)cc1C. The quantitative estimate of drug-likeness (QED) is 0.754. The maximum atomic E-state index is 13.4. The standard InChI is InChI=1S/C19H19FN2O/c1-12-3-4-14(9-13(12)2)19(23)21-8-7-15-11-22-18-6-5-16(20)10-17(15)18/h3-6,9-11,22H,7-8H2,1-2H3,(H,21,23). The first-order chi connectivity index (χ1) is 11.0. The molecule has 0 spiro atoms. The number of aromatic amines is 1. The van der Waals surface area contributed by atoms with Crippen molar-refractivity contribution >= 4 is 16.8 Å². The molecule has 2 N–H and O–H groups in total. The zero-order valence-electron chi connectivity index (χ0n) is 13.2. The number of benzene rings is 2. The van der Waals surface area contributed by atoms with Crippen LogP contribution < -0.4 is 5.32 Å². The lowest BCUT2D eigenvalue weighted by Crippen LogP contribution is -2.25. The van der Waals surface area contributed by atoms with Gasteiger partial charge in [0.1, 0.15) is 5.82 Å². The lowest BCUT2D eigenvalue weighted by molar-refractivity contribution is 0.0954. The molecule has 0 fully saturated rings. The van der Waals surface area contributed by atoms with Crippen molar-refractivity contribution in [3.63, 3.8) is 0 Å². The molecule has 1 heterocycles. The predicted octanol–water partition coefficient (Wildman–Crippen LogP) is 3.90. The Labute approximate surface area is 134 Å². The highest BCUT2D eigenvalue weighted by atomic mass is 19.1. The molecule has 2 aromatic carbocycles. The van der Waals surface area contributed by atoms with E-state index in [1.54, 1.807) is 6.07 Å². The first kappa shape index (κ1) is 15.3. The molecule has 1 aromatic heterocycles. The van der Waals surface area contributed by atoms with Gasteiger partial charge in [0.05, 0.1) is 0 Å². The van der Waals surface area contributed by atoms with Gasteiger partial charge in [-0.3, -0.25) is 4.79 Å². The largest absolute Gasteiger partial charge is 0.361 e. The van der Waals surface area contributed by atoms with Gasteiger partial charge in [-0.05, 0) is 67.3 Å². The van der Waals surface area contributed by atoms with Crippen LogP contribution in [-0.4, -0.2) is 17.4 Å². The summed E-state index contributed by atoms with van der Waals surface area (Å²) < 4.78 is 13.4. The Hall–Kier alpha value is -2.62. The molecule has 4 heteroatoms. The van der Waals surface area contributed by atoms with E-state index in [1.165, 1.54) is 17.7 Å². The molecule has 0 saturated heterocycles. The van der Waals surface area contributed by atoms with E-state index >= 15 is 0 Å². The van der Waals surface area contributed by atoms with Gasteiger partial charge in [-0.25, -0.2) is 4.39 Å². The summed E-state index contributed by atoms with van der Waals surface area (Å²) in [6.45, 7) is 4.52. The zero-order valence-corrected chi connectivity index (χ0v) is 13.2. The molecule has 0 aliphatic carbocycles. The fraction of sp³-hybridized carbons (Fsp3) is 0.211. The molecule has 1 amide bonds. The summed E-state index contributed by atoms with van der Waals surface area (Å²) in [5.74, 6) is -0.336. The number of fused-ring (bicyclic) bond motifs is 1. The van der Waals surface area contributed by atoms with E-state index in [0.29, 0.717) is 18.5 Å². The number of H-pyrrole nitrogens is 1. The Bertz CT molecular complexity index is 867. The average Bonchev–Trinajstić information content (AvgIpc) is 2.92. The van der Waals surface area contributed by atoms with Gasteiger partial charge in [0.15, 0.2) is 0 Å². The number of hydrogen-bond acceptors (Lipinski definition) is 1. The number of carbonyl (C=O) groups is 1. The molecular weight excluding hydrogens is 291 g/mol. The smallest absolute Gasteiger partial charge is 0.251 e. The van der Waals surface area contributed by atoms with E-state index in [0.717, 1.165) is 22.0 Å². The molecule has 0 bridgehead atoms. The highest BCUT2D eigenvalue weighted by molar-refractivity contribution is 5.94. The lowest BCUT2D eigenvalue weighted by atomic mass is 10.1. The highest BCUT2D eigenvalue weighted by Gasteiger charge is 2.08. The number of nitrogens with one attached hydrogen (secondary N) is 2. The third-order valence-electron chi connectivity index (χ3n) is 4.18. The Kier molecular flexibility index (Phi) is 4.15. The molecule has 0 atom stereocenters. The summed E-state index contributed by atoms with van der Waals surface area (Å²) in [4.78, 5) is 15.3. The number of carbonyl (C=O) groups excluding carboxylic acids is 1. The van der Waals surface area contributed by atoms with Crippen LogP contribution in [0.2, 0.25) is 0 Å². The van der Waals surface area contributed by atoms with Crippen molar-refractivity contribution in [2.24, 2.45) is 0 Å². The summed E-state index contributed by atoms with van der Waals surface area (Å²) in [7, 11) is 0. The van der Waals surface area contributed by atoms with E-state index in [1.807, 2.05) is 38.2 Å². The lowest BCUT2D eigenvalue weighted by Gasteiger charge is -2.07. The molecule has 0 aliphatic rings. The van der Waals surface area contributed by atoms with Crippen molar-refractivity contribution < 1.29 is 9.18 Å². The molecule has 3 aromatic rings. The van der Waals surface area contributed by atoms with E-state index in [2.05, 4.69) is 10.3 Å². The van der Waals surface area contributed by atoms with Crippen LogP contribution in [0.1, 0.15) is 27.0 Å². The summed E-state index contributed by atoms with van der Waals surface area (Å²) in [5.41, 5.74) is 4.84. The van der Waals surface area contributed by atoms with Gasteiger partial charge in [-0.2, -0.15) is 0 Å². The number of amides is 1. The van der Waals surface area contributed by atoms with Gasteiger partial charge in [0.25, 0.3) is 5.91 Å². The van der Waals surface area contributed by atoms with Gasteiger partial charge in [0.2, 0.25) is 0 Å². The van der Waals surface area contributed by atoms with Gasteiger partial charge in [0, 0.05) is 29.2 Å². The van der Waals surface area contributed by atoms with Crippen molar-refractivity contribution in [2.75, 3.05) is 6.54 Å². The second kappa shape index (κ2) is 6.24. The molecule has 0 radical (unpaired) electrons. The van der Waals surface area contributed by atoms with Crippen molar-refractivity contribution in [3.8, 4) is 0 Å². The van der Waals surface area contributed by atoms with E-state index in [-0.39, 0.29) is 11.7 Å².